The molecule has 0 bridgehead atoms. The maximum absolute atomic E-state index is 10.7. The van der Waals surface area contributed by atoms with E-state index in [0.717, 1.165) is 0 Å². The fraction of sp³-hybridized carbons (Fsp3) is 1.00. The van der Waals surface area contributed by atoms with Crippen LogP contribution >= 0.6 is 0 Å². The van der Waals surface area contributed by atoms with E-state index < -0.39 is 16.3 Å². The minimum atomic E-state index is -3.77. The Hall–Kier alpha value is -0.250. The van der Waals surface area contributed by atoms with Crippen LogP contribution in [0.3, 0.4) is 0 Å². The number of rotatable bonds is 0. The van der Waals surface area contributed by atoms with Crippen LogP contribution in [0.15, 0.2) is 0 Å². The Bertz CT molecular complexity index is 304. The molecule has 2 fully saturated rings. The molecule has 8 heteroatoms. The molecule has 2 aliphatic rings. The SMILES string of the molecule is CN1CCN(N)CC12OS(=O)(=O)O2. The largest absolute Gasteiger partial charge is 0.407 e. The van der Waals surface area contributed by atoms with E-state index in [0.29, 0.717) is 13.1 Å². The van der Waals surface area contributed by atoms with Gasteiger partial charge in [0.1, 0.15) is 0 Å². The first-order valence-electron chi connectivity index (χ1n) is 3.81. The lowest BCUT2D eigenvalue weighted by Crippen LogP contribution is -2.71. The summed E-state index contributed by atoms with van der Waals surface area (Å²) in [5.74, 6) is 4.33. The molecule has 0 aliphatic carbocycles. The van der Waals surface area contributed by atoms with E-state index >= 15 is 0 Å². The number of nitrogens with zero attached hydrogens (tertiary/aromatic N) is 2. The van der Waals surface area contributed by atoms with Crippen molar-refractivity contribution in [2.24, 2.45) is 5.84 Å². The van der Waals surface area contributed by atoms with E-state index in [1.54, 1.807) is 11.9 Å². The van der Waals surface area contributed by atoms with Gasteiger partial charge in [0.25, 0.3) is 5.91 Å². The third-order valence-electron chi connectivity index (χ3n) is 2.17. The van der Waals surface area contributed by atoms with Gasteiger partial charge in [-0.1, -0.05) is 0 Å². The van der Waals surface area contributed by atoms with Gasteiger partial charge in [0.15, 0.2) is 0 Å². The zero-order chi connectivity index (χ0) is 9.69. The van der Waals surface area contributed by atoms with Crippen molar-refractivity contribution >= 4 is 10.4 Å². The predicted molar refractivity (Wildman–Crippen MR) is 42.2 cm³/mol. The van der Waals surface area contributed by atoms with Gasteiger partial charge in [0.05, 0.1) is 6.54 Å². The second-order valence-electron chi connectivity index (χ2n) is 3.18. The van der Waals surface area contributed by atoms with Crippen LogP contribution in [0.25, 0.3) is 0 Å². The van der Waals surface area contributed by atoms with E-state index in [9.17, 15) is 8.42 Å². The molecule has 1 spiro atoms. The summed E-state index contributed by atoms with van der Waals surface area (Å²) >= 11 is 0. The van der Waals surface area contributed by atoms with Crippen LogP contribution in [0.4, 0.5) is 0 Å². The highest BCUT2D eigenvalue weighted by Crippen LogP contribution is 2.35. The molecule has 0 amide bonds. The zero-order valence-corrected chi connectivity index (χ0v) is 7.95. The highest BCUT2D eigenvalue weighted by Gasteiger charge is 2.57. The minimum absolute atomic E-state index is 0.225. The summed E-state index contributed by atoms with van der Waals surface area (Å²) in [6.45, 7) is 1.49. The Balaban J connectivity index is 2.14. The Kier molecular flexibility index (Phi) is 1.88. The molecule has 0 unspecified atom stereocenters. The Morgan fingerprint density at radius 1 is 1.38 bits per heavy atom. The third kappa shape index (κ3) is 1.45. The molecule has 2 aliphatic heterocycles. The number of nitrogens with two attached hydrogens (primary N) is 1. The van der Waals surface area contributed by atoms with Crippen LogP contribution in [0.2, 0.25) is 0 Å². The monoisotopic (exact) mass is 209 g/mol. The molecule has 0 radical (unpaired) electrons. The van der Waals surface area contributed by atoms with Crippen molar-refractivity contribution in [1.29, 1.82) is 0 Å². The molecule has 0 atom stereocenters. The second-order valence-corrected chi connectivity index (χ2v) is 4.33. The number of likely N-dealkylation sites (N-methyl/N-ethyl adjacent to an activating group) is 1. The van der Waals surface area contributed by atoms with Gasteiger partial charge in [0.2, 0.25) is 0 Å². The lowest BCUT2D eigenvalue weighted by atomic mass is 10.3. The van der Waals surface area contributed by atoms with E-state index in [1.807, 2.05) is 0 Å². The summed E-state index contributed by atoms with van der Waals surface area (Å²) in [7, 11) is -2.05. The maximum Gasteiger partial charge on any atom is 0.407 e. The molecule has 0 aromatic heterocycles. The van der Waals surface area contributed by atoms with E-state index in [4.69, 9.17) is 14.2 Å². The molecule has 2 rings (SSSR count). The van der Waals surface area contributed by atoms with Crippen molar-refractivity contribution < 1.29 is 16.8 Å². The van der Waals surface area contributed by atoms with Crippen LogP contribution in [-0.2, 0) is 18.8 Å². The first-order valence-corrected chi connectivity index (χ1v) is 5.14. The van der Waals surface area contributed by atoms with Gasteiger partial charge >= 0.3 is 10.4 Å². The van der Waals surface area contributed by atoms with Crippen LogP contribution in [0.1, 0.15) is 0 Å². The normalized spacial score (nSPS) is 33.1. The Morgan fingerprint density at radius 2 is 2.00 bits per heavy atom. The summed E-state index contributed by atoms with van der Waals surface area (Å²) < 4.78 is 30.7. The lowest BCUT2D eigenvalue weighted by molar-refractivity contribution is -0.295. The Labute approximate surface area is 76.3 Å². The smallest absolute Gasteiger partial charge is 0.269 e. The van der Waals surface area contributed by atoms with Crippen molar-refractivity contribution in [2.45, 2.75) is 5.91 Å². The topological polar surface area (TPSA) is 85.1 Å². The molecule has 13 heavy (non-hydrogen) atoms. The average Bonchev–Trinajstić information content (AvgIpc) is 1.93. The van der Waals surface area contributed by atoms with Gasteiger partial charge in [-0.25, -0.2) is 5.01 Å². The van der Waals surface area contributed by atoms with Crippen molar-refractivity contribution in [1.82, 2.24) is 9.91 Å². The molecule has 0 aromatic carbocycles. The summed E-state index contributed by atoms with van der Waals surface area (Å²) in [6, 6.07) is 0. The zero-order valence-electron chi connectivity index (χ0n) is 7.13. The molecule has 0 saturated carbocycles. The molecule has 2 N–H and O–H groups in total. The van der Waals surface area contributed by atoms with Gasteiger partial charge in [-0.2, -0.15) is 16.8 Å². The van der Waals surface area contributed by atoms with Gasteiger partial charge in [-0.15, -0.1) is 0 Å². The average molecular weight is 209 g/mol. The highest BCUT2D eigenvalue weighted by molar-refractivity contribution is 7.82. The van der Waals surface area contributed by atoms with Crippen molar-refractivity contribution in [3.05, 3.63) is 0 Å². The Morgan fingerprint density at radius 3 is 2.54 bits per heavy atom. The van der Waals surface area contributed by atoms with E-state index in [-0.39, 0.29) is 6.54 Å². The van der Waals surface area contributed by atoms with Crippen LogP contribution in [0.5, 0.6) is 0 Å². The number of hydrogen-bond acceptors (Lipinski definition) is 7. The fourth-order valence-electron chi connectivity index (χ4n) is 1.41. The summed E-state index contributed by atoms with van der Waals surface area (Å²) in [4.78, 5) is 1.68. The third-order valence-corrected chi connectivity index (χ3v) is 3.10. The van der Waals surface area contributed by atoms with Gasteiger partial charge in [-0.05, 0) is 7.05 Å². The minimum Gasteiger partial charge on any atom is -0.269 e. The molecule has 0 aromatic rings. The highest BCUT2D eigenvalue weighted by atomic mass is 32.3. The molecular formula is C5H11N3O4S. The second kappa shape index (κ2) is 2.62. The van der Waals surface area contributed by atoms with E-state index in [1.165, 1.54) is 5.01 Å². The van der Waals surface area contributed by atoms with Crippen molar-refractivity contribution in [2.75, 3.05) is 26.7 Å². The molecule has 2 saturated heterocycles. The van der Waals surface area contributed by atoms with Crippen molar-refractivity contribution in [3.63, 3.8) is 0 Å². The van der Waals surface area contributed by atoms with E-state index in [2.05, 4.69) is 0 Å². The first-order chi connectivity index (χ1) is 5.94. The molecule has 2 heterocycles. The quantitative estimate of drug-likeness (QED) is 0.464. The maximum atomic E-state index is 10.7. The standard InChI is InChI=1S/C5H11N3O4S/c1-7-2-3-8(6)4-5(7)11-13(9,10)12-5/h2-4,6H2,1H3. The van der Waals surface area contributed by atoms with Crippen molar-refractivity contribution in [3.8, 4) is 0 Å². The number of hydrogen-bond donors (Lipinski definition) is 1. The van der Waals surface area contributed by atoms with Gasteiger partial charge < -0.3 is 0 Å². The molecule has 76 valence electrons. The molecule has 7 nitrogen and oxygen atoms in total. The summed E-state index contributed by atoms with van der Waals surface area (Å²) in [6.07, 6.45) is 0. The van der Waals surface area contributed by atoms with Crippen LogP contribution < -0.4 is 5.84 Å². The summed E-state index contributed by atoms with van der Waals surface area (Å²) in [5.41, 5.74) is 0. The lowest BCUT2D eigenvalue weighted by Gasteiger charge is -2.49. The van der Waals surface area contributed by atoms with Gasteiger partial charge in [-0.3, -0.25) is 10.7 Å². The predicted octanol–water partition coefficient (Wildman–Crippen LogP) is -1.95. The first kappa shape index (κ1) is 9.31. The van der Waals surface area contributed by atoms with Crippen LogP contribution in [-0.4, -0.2) is 50.9 Å². The van der Waals surface area contributed by atoms with Crippen LogP contribution in [0, 0.1) is 0 Å². The van der Waals surface area contributed by atoms with Gasteiger partial charge in [0, 0.05) is 13.1 Å². The summed E-state index contributed by atoms with van der Waals surface area (Å²) in [5, 5.41) is 1.47. The fourth-order valence-corrected chi connectivity index (χ4v) is 2.42. The number of hydrazine groups is 1. The molecular weight excluding hydrogens is 198 g/mol. The number of piperazine rings is 1.